The second kappa shape index (κ2) is 7.89. The molecule has 0 radical (unpaired) electrons. The van der Waals surface area contributed by atoms with Crippen molar-refractivity contribution in [3.05, 3.63) is 54.5 Å². The van der Waals surface area contributed by atoms with Gasteiger partial charge in [-0.2, -0.15) is 0 Å². The fourth-order valence-electron chi connectivity index (χ4n) is 3.98. The number of pyridine rings is 1. The molecule has 1 aliphatic heterocycles. The van der Waals surface area contributed by atoms with Crippen LogP contribution in [0.4, 0.5) is 16.2 Å². The summed E-state index contributed by atoms with van der Waals surface area (Å²) < 4.78 is 7.74. The number of rotatable bonds is 5. The van der Waals surface area contributed by atoms with Gasteiger partial charge in [0.05, 0.1) is 23.7 Å². The number of carbonyl (C=O) groups excluding carboxylic acids is 1. The first kappa shape index (κ1) is 18.8. The van der Waals surface area contributed by atoms with Crippen molar-refractivity contribution in [2.75, 3.05) is 43.0 Å². The van der Waals surface area contributed by atoms with E-state index in [4.69, 9.17) is 9.72 Å². The summed E-state index contributed by atoms with van der Waals surface area (Å²) in [6.45, 7) is 5.46. The van der Waals surface area contributed by atoms with Crippen molar-refractivity contribution in [1.82, 2.24) is 14.3 Å². The first-order valence-electron chi connectivity index (χ1n) is 10.7. The first-order chi connectivity index (χ1) is 14.7. The van der Waals surface area contributed by atoms with Crippen molar-refractivity contribution in [1.29, 1.82) is 0 Å². The Balaban J connectivity index is 1.22. The third kappa shape index (κ3) is 3.79. The molecule has 2 aromatic heterocycles. The Bertz CT molecular complexity index is 1050. The van der Waals surface area contributed by atoms with Crippen LogP contribution in [-0.4, -0.2) is 53.1 Å². The molecule has 1 saturated heterocycles. The van der Waals surface area contributed by atoms with Gasteiger partial charge in [-0.3, -0.25) is 0 Å². The van der Waals surface area contributed by atoms with Crippen molar-refractivity contribution >= 4 is 23.1 Å². The maximum absolute atomic E-state index is 12.7. The number of ether oxygens (including phenoxy) is 1. The molecular formula is C23H27N5O2. The van der Waals surface area contributed by atoms with Crippen molar-refractivity contribution < 1.29 is 9.53 Å². The van der Waals surface area contributed by atoms with E-state index >= 15 is 0 Å². The number of fused-ring (bicyclic) bond motifs is 1. The minimum Gasteiger partial charge on any atom is -0.492 e. The summed E-state index contributed by atoms with van der Waals surface area (Å²) in [5, 5.41) is 2.99. The number of hydrogen-bond acceptors (Lipinski definition) is 4. The van der Waals surface area contributed by atoms with Gasteiger partial charge in [0.15, 0.2) is 0 Å². The molecule has 7 nitrogen and oxygen atoms in total. The highest BCUT2D eigenvalue weighted by Gasteiger charge is 2.26. The Morgan fingerprint density at radius 2 is 1.90 bits per heavy atom. The molecule has 3 heterocycles. The highest BCUT2D eigenvalue weighted by Crippen LogP contribution is 2.39. The van der Waals surface area contributed by atoms with Gasteiger partial charge < -0.3 is 24.3 Å². The minimum atomic E-state index is -0.0825. The number of benzene rings is 1. The standard InChI is InChI=1S/C23H27N5O2/c1-2-30-21-6-4-3-5-19(21)25-23(29)27-13-11-26(12-14-27)18-9-10-22-24-20(17-7-8-17)16-28(22)15-18/h3-6,9-10,15-17H,2,7-8,11-14H2,1H3,(H,25,29). The Morgan fingerprint density at radius 3 is 2.67 bits per heavy atom. The van der Waals surface area contributed by atoms with Gasteiger partial charge in [0, 0.05) is 44.5 Å². The molecule has 0 bridgehead atoms. The first-order valence-corrected chi connectivity index (χ1v) is 10.7. The van der Waals surface area contributed by atoms with Crippen LogP contribution >= 0.6 is 0 Å². The summed E-state index contributed by atoms with van der Waals surface area (Å²) in [7, 11) is 0. The molecule has 0 atom stereocenters. The Morgan fingerprint density at radius 1 is 1.10 bits per heavy atom. The number of amides is 2. The minimum absolute atomic E-state index is 0.0825. The van der Waals surface area contributed by atoms with Gasteiger partial charge in [-0.05, 0) is 44.0 Å². The van der Waals surface area contributed by atoms with Crippen LogP contribution in [0.15, 0.2) is 48.8 Å². The summed E-state index contributed by atoms with van der Waals surface area (Å²) in [6, 6.07) is 11.7. The Hall–Kier alpha value is -3.22. The van der Waals surface area contributed by atoms with E-state index in [0.717, 1.165) is 18.7 Å². The van der Waals surface area contributed by atoms with Gasteiger partial charge in [-0.1, -0.05) is 12.1 Å². The molecule has 0 unspecified atom stereocenters. The van der Waals surface area contributed by atoms with Gasteiger partial charge in [-0.25, -0.2) is 9.78 Å². The van der Waals surface area contributed by atoms with E-state index in [1.54, 1.807) is 0 Å². The normalized spacial score (nSPS) is 16.7. The summed E-state index contributed by atoms with van der Waals surface area (Å²) in [5.41, 5.74) is 4.10. The Kier molecular flexibility index (Phi) is 4.94. The lowest BCUT2D eigenvalue weighted by molar-refractivity contribution is 0.208. The van der Waals surface area contributed by atoms with Crippen LogP contribution in [-0.2, 0) is 0 Å². The van der Waals surface area contributed by atoms with E-state index in [1.165, 1.54) is 24.2 Å². The number of imidazole rings is 1. The number of carbonyl (C=O) groups is 1. The van der Waals surface area contributed by atoms with Crippen molar-refractivity contribution in [3.8, 4) is 5.75 Å². The lowest BCUT2D eigenvalue weighted by atomic mass is 10.2. The lowest BCUT2D eigenvalue weighted by Gasteiger charge is -2.36. The maximum atomic E-state index is 12.7. The topological polar surface area (TPSA) is 62.1 Å². The van der Waals surface area contributed by atoms with Crippen LogP contribution in [0, 0.1) is 0 Å². The zero-order valence-corrected chi connectivity index (χ0v) is 17.3. The number of nitrogens with zero attached hydrogens (tertiary/aromatic N) is 4. The number of urea groups is 1. The molecule has 1 aromatic carbocycles. The van der Waals surface area contributed by atoms with Crippen molar-refractivity contribution in [2.45, 2.75) is 25.7 Å². The fraction of sp³-hybridized carbons (Fsp3) is 0.391. The van der Waals surface area contributed by atoms with Gasteiger partial charge in [0.2, 0.25) is 0 Å². The average molecular weight is 406 g/mol. The van der Waals surface area contributed by atoms with Gasteiger partial charge in [0.25, 0.3) is 0 Å². The SMILES string of the molecule is CCOc1ccccc1NC(=O)N1CCN(c2ccc3nc(C4CC4)cn3c2)CC1. The van der Waals surface area contributed by atoms with Gasteiger partial charge in [0.1, 0.15) is 11.4 Å². The molecule has 1 saturated carbocycles. The molecule has 5 rings (SSSR count). The van der Waals surface area contributed by atoms with Crippen LogP contribution in [0.3, 0.4) is 0 Å². The number of anilines is 2. The smallest absolute Gasteiger partial charge is 0.322 e. The van der Waals surface area contributed by atoms with E-state index in [0.29, 0.717) is 37.1 Å². The molecule has 30 heavy (non-hydrogen) atoms. The number of aromatic nitrogens is 2. The summed E-state index contributed by atoms with van der Waals surface area (Å²) in [5.74, 6) is 1.36. The predicted octanol–water partition coefficient (Wildman–Crippen LogP) is 3.96. The molecule has 7 heteroatoms. The van der Waals surface area contributed by atoms with E-state index in [9.17, 15) is 4.79 Å². The molecular weight excluding hydrogens is 378 g/mol. The quantitative estimate of drug-likeness (QED) is 0.698. The van der Waals surface area contributed by atoms with E-state index < -0.39 is 0 Å². The molecule has 1 aliphatic carbocycles. The molecule has 2 aliphatic rings. The van der Waals surface area contributed by atoms with Crippen molar-refractivity contribution in [2.24, 2.45) is 0 Å². The van der Waals surface area contributed by atoms with Crippen LogP contribution < -0.4 is 15.0 Å². The van der Waals surface area contributed by atoms with E-state index in [1.807, 2.05) is 36.1 Å². The van der Waals surface area contributed by atoms with Crippen LogP contribution in [0.2, 0.25) is 0 Å². The number of piperazine rings is 1. The average Bonchev–Trinajstić information content (AvgIpc) is 3.54. The third-order valence-corrected chi connectivity index (χ3v) is 5.81. The highest BCUT2D eigenvalue weighted by molar-refractivity contribution is 5.91. The van der Waals surface area contributed by atoms with Crippen LogP contribution in [0.1, 0.15) is 31.4 Å². The molecule has 1 N–H and O–H groups in total. The summed E-state index contributed by atoms with van der Waals surface area (Å²) >= 11 is 0. The fourth-order valence-corrected chi connectivity index (χ4v) is 3.98. The zero-order valence-electron chi connectivity index (χ0n) is 17.3. The highest BCUT2D eigenvalue weighted by atomic mass is 16.5. The summed E-state index contributed by atoms with van der Waals surface area (Å²) in [6.07, 6.45) is 6.84. The molecule has 0 spiro atoms. The second-order valence-electron chi connectivity index (χ2n) is 7.93. The number of nitrogens with one attached hydrogen (secondary N) is 1. The number of para-hydroxylation sites is 2. The van der Waals surface area contributed by atoms with Crippen molar-refractivity contribution in [3.63, 3.8) is 0 Å². The molecule has 2 fully saturated rings. The number of hydrogen-bond donors (Lipinski definition) is 1. The molecule has 2 amide bonds. The van der Waals surface area contributed by atoms with E-state index in [2.05, 4.69) is 39.1 Å². The molecule has 156 valence electrons. The third-order valence-electron chi connectivity index (χ3n) is 5.81. The lowest BCUT2D eigenvalue weighted by Crippen LogP contribution is -2.50. The van der Waals surface area contributed by atoms with Gasteiger partial charge in [-0.15, -0.1) is 0 Å². The largest absolute Gasteiger partial charge is 0.492 e. The summed E-state index contributed by atoms with van der Waals surface area (Å²) in [4.78, 5) is 21.7. The second-order valence-corrected chi connectivity index (χ2v) is 7.93. The zero-order chi connectivity index (χ0) is 20.5. The predicted molar refractivity (Wildman–Crippen MR) is 118 cm³/mol. The monoisotopic (exact) mass is 405 g/mol. The Labute approximate surface area is 176 Å². The van der Waals surface area contributed by atoms with E-state index in [-0.39, 0.29) is 6.03 Å². The maximum Gasteiger partial charge on any atom is 0.322 e. The van der Waals surface area contributed by atoms with Gasteiger partial charge >= 0.3 is 6.03 Å². The molecule has 3 aromatic rings. The van der Waals surface area contributed by atoms with Crippen LogP contribution in [0.5, 0.6) is 5.75 Å². The van der Waals surface area contributed by atoms with Crippen LogP contribution in [0.25, 0.3) is 5.65 Å².